The van der Waals surface area contributed by atoms with Crippen LogP contribution in [0.5, 0.6) is 0 Å². The minimum Gasteiger partial charge on any atom is -0.478 e. The van der Waals surface area contributed by atoms with Crippen molar-refractivity contribution in [1.82, 2.24) is 10.2 Å². The summed E-state index contributed by atoms with van der Waals surface area (Å²) in [5.74, 6) is -0.962. The van der Waals surface area contributed by atoms with Crippen LogP contribution in [0.3, 0.4) is 0 Å². The molecule has 0 unspecified atom stereocenters. The number of benzene rings is 1. The van der Waals surface area contributed by atoms with Crippen LogP contribution < -0.4 is 10.2 Å². The Labute approximate surface area is 123 Å². The smallest absolute Gasteiger partial charge is 0.335 e. The van der Waals surface area contributed by atoms with Crippen molar-refractivity contribution in [2.45, 2.75) is 12.8 Å². The first-order valence-electron chi connectivity index (χ1n) is 7.30. The first-order chi connectivity index (χ1) is 10.2. The molecule has 1 aromatic carbocycles. The van der Waals surface area contributed by atoms with Gasteiger partial charge in [-0.05, 0) is 37.1 Å². The third kappa shape index (κ3) is 2.71. The summed E-state index contributed by atoms with van der Waals surface area (Å²) in [4.78, 5) is 27.3. The summed E-state index contributed by atoms with van der Waals surface area (Å²) in [6.45, 7) is 3.81. The van der Waals surface area contributed by atoms with Gasteiger partial charge < -0.3 is 15.3 Å². The monoisotopic (exact) mass is 289 g/mol. The van der Waals surface area contributed by atoms with Crippen molar-refractivity contribution in [2.24, 2.45) is 0 Å². The van der Waals surface area contributed by atoms with Crippen molar-refractivity contribution in [3.8, 4) is 0 Å². The lowest BCUT2D eigenvalue weighted by Gasteiger charge is -2.27. The summed E-state index contributed by atoms with van der Waals surface area (Å²) in [7, 11) is 0. The average molecular weight is 289 g/mol. The highest BCUT2D eigenvalue weighted by Gasteiger charge is 2.29. The molecule has 0 spiro atoms. The fourth-order valence-corrected chi connectivity index (χ4v) is 2.92. The van der Waals surface area contributed by atoms with Crippen molar-refractivity contribution >= 4 is 17.7 Å². The molecule has 0 radical (unpaired) electrons. The molecule has 0 saturated carbocycles. The number of nitrogens with zero attached hydrogens (tertiary/aromatic N) is 2. The minimum absolute atomic E-state index is 0.0139. The molecule has 1 aromatic rings. The van der Waals surface area contributed by atoms with E-state index >= 15 is 0 Å². The molecular weight excluding hydrogens is 270 g/mol. The maximum Gasteiger partial charge on any atom is 0.335 e. The fraction of sp³-hybridized carbons (Fsp3) is 0.467. The Bertz CT molecular complexity index is 565. The molecule has 0 aromatic heterocycles. The van der Waals surface area contributed by atoms with Gasteiger partial charge in [-0.25, -0.2) is 9.59 Å². The first kappa shape index (κ1) is 13.9. The van der Waals surface area contributed by atoms with E-state index in [1.165, 1.54) is 0 Å². The molecule has 1 saturated heterocycles. The van der Waals surface area contributed by atoms with Gasteiger partial charge in [0.25, 0.3) is 0 Å². The predicted octanol–water partition coefficient (Wildman–Crippen LogP) is 1.16. The third-order valence-corrected chi connectivity index (χ3v) is 4.07. The van der Waals surface area contributed by atoms with E-state index in [2.05, 4.69) is 5.32 Å². The van der Waals surface area contributed by atoms with Gasteiger partial charge in [-0.15, -0.1) is 0 Å². The topological polar surface area (TPSA) is 72.9 Å². The second-order valence-corrected chi connectivity index (χ2v) is 5.42. The summed E-state index contributed by atoms with van der Waals surface area (Å²) in [5.41, 5.74) is 2.02. The number of amides is 2. The van der Waals surface area contributed by atoms with Crippen LogP contribution in [0.4, 0.5) is 10.5 Å². The molecule has 0 atom stereocenters. The quantitative estimate of drug-likeness (QED) is 0.814. The number of aromatic carboxylic acids is 1. The Kier molecular flexibility index (Phi) is 3.79. The summed E-state index contributed by atoms with van der Waals surface area (Å²) in [6, 6.07) is 5.01. The van der Waals surface area contributed by atoms with Crippen LogP contribution >= 0.6 is 0 Å². The average Bonchev–Trinajstić information content (AvgIpc) is 2.71. The van der Waals surface area contributed by atoms with Crippen LogP contribution in [-0.2, 0) is 6.42 Å². The number of hydrogen-bond acceptors (Lipinski definition) is 3. The SMILES string of the molecule is O=C(O)c1ccc2c(c1)N(C(=O)N1CCCNCC1)CC2. The number of nitrogens with one attached hydrogen (secondary N) is 1. The van der Waals surface area contributed by atoms with Gasteiger partial charge in [-0.1, -0.05) is 6.07 Å². The van der Waals surface area contributed by atoms with Gasteiger partial charge in [-0.3, -0.25) is 4.90 Å². The van der Waals surface area contributed by atoms with Crippen LogP contribution in [0.2, 0.25) is 0 Å². The molecule has 0 bridgehead atoms. The number of hydrogen-bond donors (Lipinski definition) is 2. The predicted molar refractivity (Wildman–Crippen MR) is 78.9 cm³/mol. The normalized spacial score (nSPS) is 18.3. The van der Waals surface area contributed by atoms with Crippen LogP contribution in [0.25, 0.3) is 0 Å². The Morgan fingerprint density at radius 1 is 1.14 bits per heavy atom. The summed E-state index contributed by atoms with van der Waals surface area (Å²) in [6.07, 6.45) is 1.73. The summed E-state index contributed by atoms with van der Waals surface area (Å²) in [5, 5.41) is 12.4. The third-order valence-electron chi connectivity index (χ3n) is 4.07. The van der Waals surface area contributed by atoms with Gasteiger partial charge in [-0.2, -0.15) is 0 Å². The Hall–Kier alpha value is -2.08. The zero-order valence-electron chi connectivity index (χ0n) is 11.8. The van der Waals surface area contributed by atoms with Crippen LogP contribution in [0, 0.1) is 0 Å². The number of urea groups is 1. The number of anilines is 1. The largest absolute Gasteiger partial charge is 0.478 e. The minimum atomic E-state index is -0.962. The van der Waals surface area contributed by atoms with E-state index in [0.717, 1.165) is 43.7 Å². The number of rotatable bonds is 1. The van der Waals surface area contributed by atoms with E-state index in [1.54, 1.807) is 17.0 Å². The summed E-state index contributed by atoms with van der Waals surface area (Å²) >= 11 is 0. The zero-order chi connectivity index (χ0) is 14.8. The highest BCUT2D eigenvalue weighted by Crippen LogP contribution is 2.30. The van der Waals surface area contributed by atoms with E-state index < -0.39 is 5.97 Å². The van der Waals surface area contributed by atoms with E-state index in [9.17, 15) is 9.59 Å². The van der Waals surface area contributed by atoms with Crippen LogP contribution in [0.15, 0.2) is 18.2 Å². The van der Waals surface area contributed by atoms with Gasteiger partial charge in [0.1, 0.15) is 0 Å². The molecule has 21 heavy (non-hydrogen) atoms. The lowest BCUT2D eigenvalue weighted by molar-refractivity contribution is 0.0697. The Balaban J connectivity index is 1.83. The van der Waals surface area contributed by atoms with Crippen LogP contribution in [0.1, 0.15) is 22.3 Å². The molecule has 6 heteroatoms. The molecule has 2 aliphatic heterocycles. The molecule has 2 amide bonds. The zero-order valence-corrected chi connectivity index (χ0v) is 11.8. The molecule has 2 N–H and O–H groups in total. The number of fused-ring (bicyclic) bond motifs is 1. The second kappa shape index (κ2) is 5.73. The highest BCUT2D eigenvalue weighted by molar-refractivity contribution is 5.97. The van der Waals surface area contributed by atoms with E-state index in [4.69, 9.17) is 5.11 Å². The number of carbonyl (C=O) groups is 2. The molecule has 112 valence electrons. The summed E-state index contributed by atoms with van der Waals surface area (Å²) < 4.78 is 0. The van der Waals surface area contributed by atoms with Gasteiger partial charge in [0.05, 0.1) is 5.56 Å². The van der Waals surface area contributed by atoms with Crippen molar-refractivity contribution in [2.75, 3.05) is 37.6 Å². The molecule has 3 rings (SSSR count). The maximum absolute atomic E-state index is 12.7. The number of carbonyl (C=O) groups excluding carboxylic acids is 1. The van der Waals surface area contributed by atoms with Crippen molar-refractivity contribution in [3.05, 3.63) is 29.3 Å². The second-order valence-electron chi connectivity index (χ2n) is 5.42. The van der Waals surface area contributed by atoms with E-state index in [-0.39, 0.29) is 11.6 Å². The Morgan fingerprint density at radius 3 is 2.81 bits per heavy atom. The molecular formula is C15H19N3O3. The lowest BCUT2D eigenvalue weighted by atomic mass is 10.1. The van der Waals surface area contributed by atoms with E-state index in [1.807, 2.05) is 11.0 Å². The van der Waals surface area contributed by atoms with Gasteiger partial charge >= 0.3 is 12.0 Å². The van der Waals surface area contributed by atoms with Crippen molar-refractivity contribution in [1.29, 1.82) is 0 Å². The standard InChI is InChI=1S/C15H19N3O3/c19-14(20)12-3-2-11-4-8-18(13(11)10-12)15(21)17-7-1-5-16-6-9-17/h2-3,10,16H,1,4-9H2,(H,19,20). The van der Waals surface area contributed by atoms with E-state index in [0.29, 0.717) is 13.1 Å². The highest BCUT2D eigenvalue weighted by atomic mass is 16.4. The lowest BCUT2D eigenvalue weighted by Crippen LogP contribution is -2.44. The Morgan fingerprint density at radius 2 is 2.00 bits per heavy atom. The van der Waals surface area contributed by atoms with Crippen LogP contribution in [-0.4, -0.2) is 54.7 Å². The van der Waals surface area contributed by atoms with Crippen molar-refractivity contribution < 1.29 is 14.7 Å². The maximum atomic E-state index is 12.7. The van der Waals surface area contributed by atoms with Crippen molar-refractivity contribution in [3.63, 3.8) is 0 Å². The van der Waals surface area contributed by atoms with Gasteiger partial charge in [0.2, 0.25) is 0 Å². The fourth-order valence-electron chi connectivity index (χ4n) is 2.92. The molecule has 0 aliphatic carbocycles. The molecule has 2 heterocycles. The van der Waals surface area contributed by atoms with Gasteiger partial charge in [0, 0.05) is 31.9 Å². The molecule has 2 aliphatic rings. The van der Waals surface area contributed by atoms with Gasteiger partial charge in [0.15, 0.2) is 0 Å². The molecule has 6 nitrogen and oxygen atoms in total. The number of carboxylic acids is 1. The number of carboxylic acid groups (broad SMARTS) is 1. The molecule has 1 fully saturated rings. The first-order valence-corrected chi connectivity index (χ1v) is 7.30.